The van der Waals surface area contributed by atoms with E-state index < -0.39 is 11.6 Å². The first-order valence-corrected chi connectivity index (χ1v) is 13.3. The second-order valence-electron chi connectivity index (χ2n) is 11.4. The van der Waals surface area contributed by atoms with E-state index >= 15 is 0 Å². The van der Waals surface area contributed by atoms with E-state index in [-0.39, 0.29) is 36.0 Å². The molecular formula is C30H36FN3O4. The zero-order valence-corrected chi connectivity index (χ0v) is 22.3. The highest BCUT2D eigenvalue weighted by molar-refractivity contribution is 6.46. The molecule has 2 aromatic carbocycles. The lowest BCUT2D eigenvalue weighted by Crippen LogP contribution is -2.50. The first kappa shape index (κ1) is 27.5. The summed E-state index contributed by atoms with van der Waals surface area (Å²) in [6.45, 7) is 7.34. The Morgan fingerprint density at radius 2 is 1.71 bits per heavy atom. The van der Waals surface area contributed by atoms with Gasteiger partial charge in [-0.1, -0.05) is 32.9 Å². The quantitative estimate of drug-likeness (QED) is 0.519. The highest BCUT2D eigenvalue weighted by atomic mass is 19.1. The Morgan fingerprint density at radius 3 is 2.29 bits per heavy atom. The van der Waals surface area contributed by atoms with Gasteiger partial charge in [-0.25, -0.2) is 4.39 Å². The minimum atomic E-state index is -0.965. The van der Waals surface area contributed by atoms with Gasteiger partial charge < -0.3 is 15.3 Å². The van der Waals surface area contributed by atoms with E-state index in [1.807, 2.05) is 17.0 Å². The van der Waals surface area contributed by atoms with Gasteiger partial charge in [0.05, 0.1) is 6.42 Å². The zero-order valence-electron chi connectivity index (χ0n) is 22.3. The smallest absolute Gasteiger partial charge is 0.305 e. The molecule has 0 saturated heterocycles. The molecule has 1 spiro atoms. The molecule has 1 saturated carbocycles. The summed E-state index contributed by atoms with van der Waals surface area (Å²) in [4.78, 5) is 43.5. The summed E-state index contributed by atoms with van der Waals surface area (Å²) in [6, 6.07) is 13.1. The monoisotopic (exact) mass is 521 g/mol. The molecule has 8 heteroatoms. The molecule has 2 aliphatic rings. The molecule has 7 nitrogen and oxygen atoms in total. The Balaban J connectivity index is 1.48. The number of rotatable bonds is 8. The van der Waals surface area contributed by atoms with Gasteiger partial charge in [-0.2, -0.15) is 0 Å². The molecule has 0 atom stereocenters. The van der Waals surface area contributed by atoms with Gasteiger partial charge in [0.15, 0.2) is 0 Å². The summed E-state index contributed by atoms with van der Waals surface area (Å²) in [5, 5.41) is 11.3. The van der Waals surface area contributed by atoms with E-state index in [2.05, 4.69) is 26.1 Å². The maximum atomic E-state index is 13.7. The van der Waals surface area contributed by atoms with Crippen LogP contribution in [-0.4, -0.2) is 52.3 Å². The van der Waals surface area contributed by atoms with Gasteiger partial charge in [0.1, 0.15) is 17.2 Å². The molecular weight excluding hydrogens is 485 g/mol. The normalized spacial score (nSPS) is 21.5. The van der Waals surface area contributed by atoms with Crippen molar-refractivity contribution in [1.29, 1.82) is 0 Å². The molecule has 1 fully saturated rings. The molecule has 0 bridgehead atoms. The number of carboxylic acids is 1. The average molecular weight is 522 g/mol. The van der Waals surface area contributed by atoms with Gasteiger partial charge in [0, 0.05) is 24.2 Å². The standard InChI is InChI=1S/C30H36FN3O4/c1-29(2,3)23-12-16-30(17-13-23)33-26(21-8-10-24(31)11-9-21)28(38)34(30)19-15-20-4-6-22(7-5-20)27(37)32-18-14-25(35)36/h4-11,23H,12-19H2,1-3H3,(H,32,37)(H,35,36). The number of carbonyl (C=O) groups is 3. The molecule has 2 amide bonds. The molecule has 2 N–H and O–H groups in total. The second-order valence-corrected chi connectivity index (χ2v) is 11.4. The van der Waals surface area contributed by atoms with Crippen LogP contribution in [0.2, 0.25) is 0 Å². The molecule has 1 aliphatic carbocycles. The van der Waals surface area contributed by atoms with Crippen molar-refractivity contribution in [3.8, 4) is 0 Å². The first-order chi connectivity index (χ1) is 18.0. The van der Waals surface area contributed by atoms with Gasteiger partial charge >= 0.3 is 5.97 Å². The van der Waals surface area contributed by atoms with E-state index in [9.17, 15) is 18.8 Å². The van der Waals surface area contributed by atoms with Crippen LogP contribution in [-0.2, 0) is 16.0 Å². The number of hydrogen-bond acceptors (Lipinski definition) is 4. The minimum Gasteiger partial charge on any atom is -0.481 e. The third-order valence-corrected chi connectivity index (χ3v) is 7.86. The van der Waals surface area contributed by atoms with Crippen LogP contribution in [0, 0.1) is 17.2 Å². The fourth-order valence-corrected chi connectivity index (χ4v) is 5.52. The summed E-state index contributed by atoms with van der Waals surface area (Å²) in [5.41, 5.74) is 2.07. The minimum absolute atomic E-state index is 0.0710. The lowest BCUT2D eigenvalue weighted by atomic mass is 9.69. The van der Waals surface area contributed by atoms with Gasteiger partial charge in [-0.15, -0.1) is 0 Å². The van der Waals surface area contributed by atoms with Crippen molar-refractivity contribution >= 4 is 23.5 Å². The van der Waals surface area contributed by atoms with Crippen LogP contribution in [0.15, 0.2) is 53.5 Å². The van der Waals surface area contributed by atoms with Crippen LogP contribution in [0.3, 0.4) is 0 Å². The maximum absolute atomic E-state index is 13.7. The fraction of sp³-hybridized carbons (Fsp3) is 0.467. The average Bonchev–Trinajstić information content (AvgIpc) is 3.13. The van der Waals surface area contributed by atoms with Crippen LogP contribution in [0.25, 0.3) is 0 Å². The molecule has 1 aliphatic heterocycles. The highest BCUT2D eigenvalue weighted by Gasteiger charge is 2.49. The molecule has 0 radical (unpaired) electrons. The summed E-state index contributed by atoms with van der Waals surface area (Å²) in [5.74, 6) is -1.20. The predicted octanol–water partition coefficient (Wildman–Crippen LogP) is 4.84. The van der Waals surface area contributed by atoms with Crippen molar-refractivity contribution in [2.75, 3.05) is 13.1 Å². The number of aliphatic carboxylic acids is 1. The van der Waals surface area contributed by atoms with E-state index in [4.69, 9.17) is 10.1 Å². The summed E-state index contributed by atoms with van der Waals surface area (Å²) in [7, 11) is 0. The summed E-state index contributed by atoms with van der Waals surface area (Å²) in [6.07, 6.45) is 4.03. The largest absolute Gasteiger partial charge is 0.481 e. The molecule has 4 rings (SSSR count). The van der Waals surface area contributed by atoms with Crippen LogP contribution in [0.5, 0.6) is 0 Å². The number of aliphatic imine (C=N–C) groups is 1. The van der Waals surface area contributed by atoms with Gasteiger partial charge in [-0.3, -0.25) is 19.4 Å². The maximum Gasteiger partial charge on any atom is 0.305 e. The predicted molar refractivity (Wildman–Crippen MR) is 144 cm³/mol. The number of nitrogens with zero attached hydrogens (tertiary/aromatic N) is 2. The van der Waals surface area contributed by atoms with Crippen LogP contribution < -0.4 is 5.32 Å². The van der Waals surface area contributed by atoms with Gasteiger partial charge in [0.25, 0.3) is 11.8 Å². The topological polar surface area (TPSA) is 99.1 Å². The summed E-state index contributed by atoms with van der Waals surface area (Å²) < 4.78 is 13.5. The van der Waals surface area contributed by atoms with Crippen LogP contribution in [0.4, 0.5) is 4.39 Å². The Morgan fingerprint density at radius 1 is 1.08 bits per heavy atom. The molecule has 1 heterocycles. The van der Waals surface area contributed by atoms with Crippen molar-refractivity contribution in [3.63, 3.8) is 0 Å². The van der Waals surface area contributed by atoms with Crippen molar-refractivity contribution in [3.05, 3.63) is 71.0 Å². The number of halogens is 1. The lowest BCUT2D eigenvalue weighted by Gasteiger charge is -2.45. The van der Waals surface area contributed by atoms with Crippen LogP contribution in [0.1, 0.15) is 74.4 Å². The number of carboxylic acid groups (broad SMARTS) is 1. The number of amides is 2. The number of hydrogen-bond donors (Lipinski definition) is 2. The molecule has 202 valence electrons. The van der Waals surface area contributed by atoms with Gasteiger partial charge in [0.2, 0.25) is 0 Å². The highest BCUT2D eigenvalue weighted by Crippen LogP contribution is 2.46. The molecule has 2 aromatic rings. The Kier molecular flexibility index (Phi) is 7.99. The third-order valence-electron chi connectivity index (χ3n) is 7.86. The van der Waals surface area contributed by atoms with Gasteiger partial charge in [-0.05, 0) is 85.4 Å². The molecule has 38 heavy (non-hydrogen) atoms. The van der Waals surface area contributed by atoms with E-state index in [1.54, 1.807) is 24.3 Å². The SMILES string of the molecule is CC(C)(C)C1CCC2(CC1)N=C(c1ccc(F)cc1)C(=O)N2CCc1ccc(C(=O)NCCC(=O)O)cc1. The number of benzene rings is 2. The van der Waals surface area contributed by atoms with Crippen molar-refractivity contribution in [1.82, 2.24) is 10.2 Å². The van der Waals surface area contributed by atoms with E-state index in [0.717, 1.165) is 31.2 Å². The Hall–Kier alpha value is -3.55. The van der Waals surface area contributed by atoms with Crippen molar-refractivity contribution < 1.29 is 23.9 Å². The Bertz CT molecular complexity index is 1210. The van der Waals surface area contributed by atoms with Crippen molar-refractivity contribution in [2.24, 2.45) is 16.3 Å². The summed E-state index contributed by atoms with van der Waals surface area (Å²) >= 11 is 0. The number of nitrogens with one attached hydrogen (secondary N) is 1. The third kappa shape index (κ3) is 6.11. The second kappa shape index (κ2) is 11.1. The van der Waals surface area contributed by atoms with E-state index in [1.165, 1.54) is 12.1 Å². The van der Waals surface area contributed by atoms with Crippen LogP contribution >= 0.6 is 0 Å². The number of carbonyl (C=O) groups excluding carboxylic acids is 2. The first-order valence-electron chi connectivity index (χ1n) is 13.3. The van der Waals surface area contributed by atoms with E-state index in [0.29, 0.717) is 35.7 Å². The molecule has 0 aromatic heterocycles. The van der Waals surface area contributed by atoms with Crippen molar-refractivity contribution in [2.45, 2.75) is 65.0 Å². The fourth-order valence-electron chi connectivity index (χ4n) is 5.52. The zero-order chi connectivity index (χ0) is 27.5. The Labute approximate surface area is 223 Å². The lowest BCUT2D eigenvalue weighted by molar-refractivity contribution is -0.136. The molecule has 0 unspecified atom stereocenters.